The van der Waals surface area contributed by atoms with E-state index in [9.17, 15) is 9.18 Å². The predicted octanol–water partition coefficient (Wildman–Crippen LogP) is 6.54. The Bertz CT molecular complexity index is 1190. The summed E-state index contributed by atoms with van der Waals surface area (Å²) in [7, 11) is 0. The van der Waals surface area contributed by atoms with E-state index >= 15 is 0 Å². The second-order valence-corrected chi connectivity index (χ2v) is 9.61. The van der Waals surface area contributed by atoms with Crippen molar-refractivity contribution in [2.45, 2.75) is 26.2 Å². The Hall–Kier alpha value is -2.57. The summed E-state index contributed by atoms with van der Waals surface area (Å²) < 4.78 is 15.2. The Morgan fingerprint density at radius 1 is 1.14 bits per heavy atom. The zero-order valence-electron chi connectivity index (χ0n) is 15.9. The smallest absolute Gasteiger partial charge is 0.259 e. The number of anilines is 1. The van der Waals surface area contributed by atoms with Crippen LogP contribution >= 0.6 is 22.7 Å². The molecule has 1 N–H and O–H groups in total. The summed E-state index contributed by atoms with van der Waals surface area (Å²) >= 11 is 3.25. The molecule has 1 aliphatic carbocycles. The quantitative estimate of drug-likeness (QED) is 0.407. The zero-order chi connectivity index (χ0) is 20.0. The number of fused-ring (bicyclic) bond motifs is 2. The van der Waals surface area contributed by atoms with Gasteiger partial charge in [-0.3, -0.25) is 4.79 Å². The molecular formula is C23H19FN2OS2. The first-order valence-corrected chi connectivity index (χ1v) is 11.3. The molecule has 1 atom stereocenters. The van der Waals surface area contributed by atoms with Crippen molar-refractivity contribution in [1.29, 1.82) is 0 Å². The molecule has 0 saturated heterocycles. The molecule has 5 rings (SSSR count). The summed E-state index contributed by atoms with van der Waals surface area (Å²) in [6.45, 7) is 2.26. The number of hydrogen-bond acceptors (Lipinski definition) is 4. The van der Waals surface area contributed by atoms with Crippen molar-refractivity contribution in [3.63, 3.8) is 0 Å². The van der Waals surface area contributed by atoms with Crippen molar-refractivity contribution >= 4 is 43.8 Å². The molecule has 0 aliphatic heterocycles. The molecule has 3 nitrogen and oxygen atoms in total. The van der Waals surface area contributed by atoms with Crippen molar-refractivity contribution in [2.24, 2.45) is 5.92 Å². The summed E-state index contributed by atoms with van der Waals surface area (Å²) in [4.78, 5) is 19.0. The van der Waals surface area contributed by atoms with Gasteiger partial charge >= 0.3 is 0 Å². The van der Waals surface area contributed by atoms with E-state index in [4.69, 9.17) is 4.98 Å². The van der Waals surface area contributed by atoms with E-state index in [0.29, 0.717) is 5.92 Å². The molecule has 2 aromatic heterocycles. The van der Waals surface area contributed by atoms with Gasteiger partial charge in [0.2, 0.25) is 0 Å². The van der Waals surface area contributed by atoms with Gasteiger partial charge in [0.15, 0.2) is 0 Å². The number of rotatable bonds is 3. The van der Waals surface area contributed by atoms with Crippen LogP contribution in [0.15, 0.2) is 48.5 Å². The van der Waals surface area contributed by atoms with Crippen molar-refractivity contribution in [1.82, 2.24) is 4.98 Å². The fourth-order valence-corrected chi connectivity index (χ4v) is 6.38. The maximum absolute atomic E-state index is 14.1. The van der Waals surface area contributed by atoms with Crippen molar-refractivity contribution < 1.29 is 9.18 Å². The molecular weight excluding hydrogens is 403 g/mol. The van der Waals surface area contributed by atoms with Gasteiger partial charge < -0.3 is 5.32 Å². The fourth-order valence-electron chi connectivity index (χ4n) is 3.86. The van der Waals surface area contributed by atoms with Gasteiger partial charge in [-0.25, -0.2) is 9.37 Å². The lowest BCUT2D eigenvalue weighted by atomic mass is 9.88. The summed E-state index contributed by atoms with van der Waals surface area (Å²) in [6.07, 6.45) is 3.11. The number of carbonyl (C=O) groups is 1. The number of thiophene rings is 1. The number of hydrogen-bond donors (Lipinski definition) is 1. The highest BCUT2D eigenvalue weighted by molar-refractivity contribution is 7.23. The number of nitrogens with one attached hydrogen (secondary N) is 1. The first kappa shape index (κ1) is 18.5. The van der Waals surface area contributed by atoms with E-state index in [1.807, 2.05) is 18.2 Å². The van der Waals surface area contributed by atoms with Gasteiger partial charge in [0.1, 0.15) is 15.8 Å². The first-order valence-electron chi connectivity index (χ1n) is 9.66. The van der Waals surface area contributed by atoms with Crippen LogP contribution in [-0.2, 0) is 12.8 Å². The number of halogens is 1. The highest BCUT2D eigenvalue weighted by Crippen LogP contribution is 2.47. The molecule has 6 heteroatoms. The van der Waals surface area contributed by atoms with Gasteiger partial charge in [0.05, 0.1) is 15.8 Å². The van der Waals surface area contributed by atoms with Crippen LogP contribution in [0.3, 0.4) is 0 Å². The minimum absolute atomic E-state index is 0.0579. The van der Waals surface area contributed by atoms with Crippen LogP contribution < -0.4 is 5.32 Å². The van der Waals surface area contributed by atoms with Crippen LogP contribution in [0.4, 0.5) is 9.39 Å². The van der Waals surface area contributed by atoms with Crippen LogP contribution in [0.5, 0.6) is 0 Å². The molecule has 29 heavy (non-hydrogen) atoms. The lowest BCUT2D eigenvalue weighted by Crippen LogP contribution is -2.13. The van der Waals surface area contributed by atoms with Crippen LogP contribution in [-0.4, -0.2) is 10.9 Å². The minimum atomic E-state index is -0.513. The molecule has 4 aromatic rings. The Morgan fingerprint density at radius 3 is 2.76 bits per heavy atom. The predicted molar refractivity (Wildman–Crippen MR) is 118 cm³/mol. The van der Waals surface area contributed by atoms with Crippen molar-refractivity contribution in [3.05, 3.63) is 70.4 Å². The van der Waals surface area contributed by atoms with Gasteiger partial charge in [0, 0.05) is 10.4 Å². The lowest BCUT2D eigenvalue weighted by molar-refractivity contribution is 0.102. The third kappa shape index (κ3) is 3.36. The standard InChI is InChI=1S/C23H19FN2OS2/c1-13-10-11-15-19(12-13)29-23(26-21(27)14-6-2-3-7-16(14)24)20(15)22-25-17-8-4-5-9-18(17)28-22/h2-9,13H,10-12H2,1H3,(H,26,27). The fraction of sp³-hybridized carbons (Fsp3) is 0.217. The molecule has 0 spiro atoms. The van der Waals surface area contributed by atoms with E-state index in [-0.39, 0.29) is 5.56 Å². The number of carbonyl (C=O) groups excluding carboxylic acids is 1. The van der Waals surface area contributed by atoms with Gasteiger partial charge in [-0.1, -0.05) is 31.2 Å². The summed E-state index contributed by atoms with van der Waals surface area (Å²) in [5.41, 5.74) is 3.32. The highest BCUT2D eigenvalue weighted by Gasteiger charge is 2.27. The molecule has 0 fully saturated rings. The third-order valence-corrected chi connectivity index (χ3v) is 7.59. The van der Waals surface area contributed by atoms with E-state index in [1.165, 1.54) is 22.6 Å². The number of aromatic nitrogens is 1. The lowest BCUT2D eigenvalue weighted by Gasteiger charge is -2.18. The van der Waals surface area contributed by atoms with Crippen LogP contribution in [0, 0.1) is 11.7 Å². The second kappa shape index (κ2) is 7.35. The highest BCUT2D eigenvalue weighted by atomic mass is 32.1. The summed E-state index contributed by atoms with van der Waals surface area (Å²) in [5, 5.41) is 4.68. The summed E-state index contributed by atoms with van der Waals surface area (Å²) in [6, 6.07) is 14.1. The van der Waals surface area contributed by atoms with Crippen molar-refractivity contribution in [2.75, 3.05) is 5.32 Å². The monoisotopic (exact) mass is 422 g/mol. The Kier molecular flexibility index (Phi) is 4.68. The van der Waals surface area contributed by atoms with Gasteiger partial charge in [-0.05, 0) is 55.0 Å². The molecule has 2 heterocycles. The molecule has 146 valence electrons. The van der Waals surface area contributed by atoms with Crippen LogP contribution in [0.2, 0.25) is 0 Å². The molecule has 0 bridgehead atoms. The summed E-state index contributed by atoms with van der Waals surface area (Å²) in [5.74, 6) is -0.307. The van der Waals surface area contributed by atoms with Gasteiger partial charge in [-0.2, -0.15) is 0 Å². The number of amides is 1. The molecule has 0 radical (unpaired) electrons. The van der Waals surface area contributed by atoms with Crippen LogP contribution in [0.1, 0.15) is 34.1 Å². The topological polar surface area (TPSA) is 42.0 Å². The number of thiazole rings is 1. The SMILES string of the molecule is CC1CCc2c(sc(NC(=O)c3ccccc3F)c2-c2nc3ccccc3s2)C1. The average molecular weight is 423 g/mol. The Labute approximate surface area is 176 Å². The second-order valence-electron chi connectivity index (χ2n) is 7.48. The largest absolute Gasteiger partial charge is 0.313 e. The molecule has 2 aromatic carbocycles. The van der Waals surface area contributed by atoms with Crippen LogP contribution in [0.25, 0.3) is 20.8 Å². The normalized spacial score (nSPS) is 16.0. The maximum atomic E-state index is 14.1. The number of para-hydroxylation sites is 1. The van der Waals surface area contributed by atoms with Gasteiger partial charge in [-0.15, -0.1) is 22.7 Å². The number of benzene rings is 2. The first-order chi connectivity index (χ1) is 14.1. The van der Waals surface area contributed by atoms with E-state index in [1.54, 1.807) is 34.8 Å². The molecule has 1 unspecified atom stereocenters. The zero-order valence-corrected chi connectivity index (χ0v) is 17.5. The van der Waals surface area contributed by atoms with Gasteiger partial charge in [0.25, 0.3) is 5.91 Å². The van der Waals surface area contributed by atoms with E-state index in [0.717, 1.165) is 45.1 Å². The average Bonchev–Trinajstić information content (AvgIpc) is 3.28. The molecule has 1 amide bonds. The van der Waals surface area contributed by atoms with Crippen molar-refractivity contribution in [3.8, 4) is 10.6 Å². The molecule has 1 aliphatic rings. The third-order valence-electron chi connectivity index (χ3n) is 5.36. The maximum Gasteiger partial charge on any atom is 0.259 e. The van der Waals surface area contributed by atoms with E-state index in [2.05, 4.69) is 18.3 Å². The van der Waals surface area contributed by atoms with E-state index < -0.39 is 11.7 Å². The number of nitrogens with zero attached hydrogens (tertiary/aromatic N) is 1. The Balaban J connectivity index is 1.61. The minimum Gasteiger partial charge on any atom is -0.313 e. The molecule has 0 saturated carbocycles. The Morgan fingerprint density at radius 2 is 1.93 bits per heavy atom.